The number of ether oxygens (including phenoxy) is 1. The molecule has 318 valence electrons. The van der Waals surface area contributed by atoms with E-state index < -0.39 is 29.3 Å². The van der Waals surface area contributed by atoms with Gasteiger partial charge in [0.2, 0.25) is 0 Å². The summed E-state index contributed by atoms with van der Waals surface area (Å²) in [5.41, 5.74) is 3.98. The standard InChI is InChI=1S/C47H73N3O7/c1-33(38-16-15-34(2)44(55)50-45(21-24-48-4,23-27-57-6)30-37-12-8-11-36(28-37)29-38)10-7-13-39(32-53)41-18-20-47(43(41)54)42(14-9-26-51)40(35(3)31-52)17-19-46(47,56)22-25-49-5/h7-8,10-13,15,28,31,38,41-44,48-51,53-56H,1,9,14,16-27,29-30,32H2,2-6H3. The van der Waals surface area contributed by atoms with Gasteiger partial charge in [-0.05, 0) is 158 Å². The lowest BCUT2D eigenvalue weighted by molar-refractivity contribution is -0.180. The van der Waals surface area contributed by atoms with Crippen molar-refractivity contribution < 1.29 is 35.1 Å². The number of nitrogens with one attached hydrogen (secondary N) is 3. The molecule has 8 atom stereocenters. The predicted molar refractivity (Wildman–Crippen MR) is 229 cm³/mol. The summed E-state index contributed by atoms with van der Waals surface area (Å²) < 4.78 is 5.51. The summed E-state index contributed by atoms with van der Waals surface area (Å²) in [7, 11) is 5.51. The number of aliphatic hydroxyl groups is 5. The average Bonchev–Trinajstić information content (AvgIpc) is 3.55. The minimum absolute atomic E-state index is 0.0171. The number of methoxy groups -OCH3 is 1. The molecule has 57 heavy (non-hydrogen) atoms. The maximum atomic E-state index is 12.5. The smallest absolute Gasteiger partial charge is 0.145 e. The summed E-state index contributed by atoms with van der Waals surface area (Å²) in [6.07, 6.45) is 14.4. The minimum atomic E-state index is -1.19. The molecule has 2 aliphatic carbocycles. The second-order valence-corrected chi connectivity index (χ2v) is 17.1. The van der Waals surface area contributed by atoms with Gasteiger partial charge >= 0.3 is 0 Å². The maximum Gasteiger partial charge on any atom is 0.145 e. The molecule has 0 aromatic heterocycles. The monoisotopic (exact) mass is 792 g/mol. The quantitative estimate of drug-likeness (QED) is 0.0446. The van der Waals surface area contributed by atoms with Crippen molar-refractivity contribution in [3.05, 3.63) is 94.1 Å². The van der Waals surface area contributed by atoms with E-state index in [1.54, 1.807) is 7.11 Å². The van der Waals surface area contributed by atoms with Gasteiger partial charge < -0.3 is 40.9 Å². The van der Waals surface area contributed by atoms with E-state index in [0.29, 0.717) is 75.7 Å². The highest BCUT2D eigenvalue weighted by Gasteiger charge is 2.65. The van der Waals surface area contributed by atoms with Gasteiger partial charge in [-0.25, -0.2) is 0 Å². The number of aldehydes is 1. The van der Waals surface area contributed by atoms with Gasteiger partial charge in [-0.3, -0.25) is 10.1 Å². The van der Waals surface area contributed by atoms with Crippen molar-refractivity contribution in [2.24, 2.45) is 23.2 Å². The molecular formula is C47H73N3O7. The van der Waals surface area contributed by atoms with Gasteiger partial charge in [0.15, 0.2) is 0 Å². The number of hydrogen-bond acceptors (Lipinski definition) is 10. The van der Waals surface area contributed by atoms with Crippen LogP contribution in [-0.2, 0) is 22.4 Å². The Hall–Kier alpha value is -2.77. The molecule has 8 N–H and O–H groups in total. The minimum Gasteiger partial charge on any atom is -0.396 e. The van der Waals surface area contributed by atoms with Gasteiger partial charge in [-0.1, -0.05) is 66.3 Å². The average molecular weight is 792 g/mol. The van der Waals surface area contributed by atoms with Crippen LogP contribution in [0.4, 0.5) is 0 Å². The van der Waals surface area contributed by atoms with Gasteiger partial charge in [0, 0.05) is 37.2 Å². The highest BCUT2D eigenvalue weighted by Crippen LogP contribution is 2.64. The first-order valence-corrected chi connectivity index (χ1v) is 21.2. The molecule has 1 heterocycles. The van der Waals surface area contributed by atoms with Crippen molar-refractivity contribution >= 4 is 6.29 Å². The molecular weight excluding hydrogens is 719 g/mol. The molecule has 1 aromatic carbocycles. The zero-order chi connectivity index (χ0) is 41.6. The van der Waals surface area contributed by atoms with E-state index in [1.807, 2.05) is 46.2 Å². The molecule has 1 aliphatic heterocycles. The lowest BCUT2D eigenvalue weighted by Gasteiger charge is -2.57. The fraction of sp³-hybridized carbons (Fsp3) is 0.638. The number of carbonyl (C=O) groups excluding carboxylic acids is 1. The Labute approximate surface area is 342 Å². The van der Waals surface area contributed by atoms with Crippen molar-refractivity contribution in [2.45, 2.75) is 114 Å². The normalized spacial score (nSPS) is 32.2. The van der Waals surface area contributed by atoms with Gasteiger partial charge in [0.25, 0.3) is 0 Å². The molecule has 0 saturated heterocycles. The maximum absolute atomic E-state index is 12.5. The van der Waals surface area contributed by atoms with E-state index in [-0.39, 0.29) is 30.6 Å². The van der Waals surface area contributed by atoms with Gasteiger partial charge in [-0.2, -0.15) is 0 Å². The molecule has 1 aromatic rings. The number of carbonyl (C=O) groups is 1. The summed E-state index contributed by atoms with van der Waals surface area (Å²) in [6.45, 7) is 9.96. The summed E-state index contributed by atoms with van der Waals surface area (Å²) in [6, 6.07) is 8.70. The van der Waals surface area contributed by atoms with Crippen LogP contribution in [0.2, 0.25) is 0 Å². The number of hydrogen-bond donors (Lipinski definition) is 8. The third-order valence-corrected chi connectivity index (χ3v) is 13.7. The van der Waals surface area contributed by atoms with Crippen molar-refractivity contribution in [1.82, 2.24) is 16.0 Å². The van der Waals surface area contributed by atoms with Gasteiger partial charge in [0.1, 0.15) is 12.5 Å². The third-order valence-electron chi connectivity index (χ3n) is 13.7. The van der Waals surface area contributed by atoms with Crippen LogP contribution in [0, 0.1) is 23.2 Å². The Kier molecular flexibility index (Phi) is 18.1. The van der Waals surface area contributed by atoms with E-state index in [0.717, 1.165) is 55.2 Å². The SMILES string of the molecule is C=C(C=CC=C(CO)C1CCC2(C(CCCO)C(=C(C)C=O)CCC2(O)CCNC)C1O)C1CC=C(C)C(O)NC(CCNC)(CCOC)Cc2cccc(c2)C1. The van der Waals surface area contributed by atoms with Crippen molar-refractivity contribution in [3.8, 4) is 0 Å². The molecule has 0 amide bonds. The van der Waals surface area contributed by atoms with Crippen LogP contribution in [0.3, 0.4) is 0 Å². The molecule has 10 nitrogen and oxygen atoms in total. The highest BCUT2D eigenvalue weighted by molar-refractivity contribution is 5.74. The molecule has 2 saturated carbocycles. The van der Waals surface area contributed by atoms with Crippen LogP contribution in [0.1, 0.15) is 89.2 Å². The Bertz CT molecular complexity index is 1590. The summed E-state index contributed by atoms with van der Waals surface area (Å²) in [4.78, 5) is 12.1. The first-order chi connectivity index (χ1) is 27.4. The first kappa shape index (κ1) is 46.9. The summed E-state index contributed by atoms with van der Waals surface area (Å²) in [5.74, 6) is -0.620. The van der Waals surface area contributed by atoms with Crippen LogP contribution in [-0.4, -0.2) is 109 Å². The topological polar surface area (TPSA) is 164 Å². The Balaban J connectivity index is 1.63. The zero-order valence-electron chi connectivity index (χ0n) is 35.4. The highest BCUT2D eigenvalue weighted by atomic mass is 16.5. The second-order valence-electron chi connectivity index (χ2n) is 17.1. The zero-order valence-corrected chi connectivity index (χ0v) is 35.4. The number of aliphatic hydroxyl groups excluding tert-OH is 4. The lowest BCUT2D eigenvalue weighted by atomic mass is 9.51. The fourth-order valence-corrected chi connectivity index (χ4v) is 10.3. The van der Waals surface area contributed by atoms with Crippen LogP contribution in [0.5, 0.6) is 0 Å². The van der Waals surface area contributed by atoms with E-state index >= 15 is 0 Å². The van der Waals surface area contributed by atoms with Gasteiger partial charge in [-0.15, -0.1) is 0 Å². The van der Waals surface area contributed by atoms with Crippen molar-refractivity contribution in [3.63, 3.8) is 0 Å². The second kappa shape index (κ2) is 22.0. The third kappa shape index (κ3) is 11.1. The van der Waals surface area contributed by atoms with Gasteiger partial charge in [0.05, 0.1) is 18.3 Å². The van der Waals surface area contributed by atoms with E-state index in [4.69, 9.17) is 4.74 Å². The Morgan fingerprint density at radius 1 is 1.09 bits per heavy atom. The van der Waals surface area contributed by atoms with Crippen LogP contribution in [0.15, 0.2) is 83.0 Å². The summed E-state index contributed by atoms with van der Waals surface area (Å²) >= 11 is 0. The van der Waals surface area contributed by atoms with Crippen LogP contribution >= 0.6 is 0 Å². The number of rotatable bonds is 18. The van der Waals surface area contributed by atoms with Crippen molar-refractivity contribution in [1.29, 1.82) is 0 Å². The Morgan fingerprint density at radius 3 is 2.51 bits per heavy atom. The number of benzene rings is 1. The molecule has 1 spiro atoms. The molecule has 10 heteroatoms. The molecule has 3 aliphatic rings. The largest absolute Gasteiger partial charge is 0.396 e. The molecule has 0 radical (unpaired) electrons. The number of fused-ring (bicyclic) bond motifs is 2. The Morgan fingerprint density at radius 2 is 1.82 bits per heavy atom. The van der Waals surface area contributed by atoms with E-state index in [2.05, 4.69) is 52.9 Å². The lowest BCUT2D eigenvalue weighted by Crippen LogP contribution is -2.61. The van der Waals surface area contributed by atoms with Crippen LogP contribution in [0.25, 0.3) is 0 Å². The molecule has 2 bridgehead atoms. The summed E-state index contributed by atoms with van der Waals surface area (Å²) in [5, 5.41) is 67.1. The van der Waals surface area contributed by atoms with E-state index in [9.17, 15) is 30.3 Å². The van der Waals surface area contributed by atoms with Crippen molar-refractivity contribution in [2.75, 3.05) is 54.1 Å². The van der Waals surface area contributed by atoms with E-state index in [1.165, 1.54) is 11.1 Å². The predicted octanol–water partition coefficient (Wildman–Crippen LogP) is 4.86. The number of allylic oxidation sites excluding steroid dienone is 7. The van der Waals surface area contributed by atoms with Crippen LogP contribution < -0.4 is 16.0 Å². The first-order valence-electron chi connectivity index (χ1n) is 21.2. The molecule has 2 fully saturated rings. The fourth-order valence-electron chi connectivity index (χ4n) is 10.3. The molecule has 4 rings (SSSR count). The molecule has 8 unspecified atom stereocenters.